The van der Waals surface area contributed by atoms with Gasteiger partial charge in [-0.1, -0.05) is 28.1 Å². The Hall–Kier alpha value is -0.380. The Bertz CT molecular complexity index is 338. The first-order valence-corrected chi connectivity index (χ1v) is 5.51. The topological polar surface area (TPSA) is 21.3 Å². The van der Waals surface area contributed by atoms with E-state index in [2.05, 4.69) is 47.2 Å². The lowest BCUT2D eigenvalue weighted by Crippen LogP contribution is -2.35. The third kappa shape index (κ3) is 2.16. The van der Waals surface area contributed by atoms with Crippen molar-refractivity contribution in [2.45, 2.75) is 25.6 Å². The van der Waals surface area contributed by atoms with Gasteiger partial charge in [-0.15, -0.1) is 0 Å². The van der Waals surface area contributed by atoms with Gasteiger partial charge in [0.1, 0.15) is 6.23 Å². The van der Waals surface area contributed by atoms with E-state index < -0.39 is 0 Å². The number of hydrogen-bond donors (Lipinski definition) is 1. The zero-order chi connectivity index (χ0) is 10.2. The molecule has 76 valence electrons. The van der Waals surface area contributed by atoms with Crippen LogP contribution in [0.15, 0.2) is 28.7 Å². The highest BCUT2D eigenvalue weighted by Crippen LogP contribution is 2.27. The van der Waals surface area contributed by atoms with Gasteiger partial charge in [-0.05, 0) is 31.5 Å². The van der Waals surface area contributed by atoms with Crippen molar-refractivity contribution in [1.82, 2.24) is 5.32 Å². The van der Waals surface area contributed by atoms with Crippen LogP contribution in [0.1, 0.15) is 25.6 Å². The van der Waals surface area contributed by atoms with E-state index in [4.69, 9.17) is 4.74 Å². The molecule has 2 rings (SSSR count). The third-order valence-corrected chi connectivity index (χ3v) is 2.78. The van der Waals surface area contributed by atoms with Crippen LogP contribution in [0.3, 0.4) is 0 Å². The van der Waals surface area contributed by atoms with Crippen molar-refractivity contribution in [3.63, 3.8) is 0 Å². The molecule has 0 amide bonds. The Morgan fingerprint density at radius 2 is 2.29 bits per heavy atom. The van der Waals surface area contributed by atoms with E-state index in [1.165, 1.54) is 5.56 Å². The van der Waals surface area contributed by atoms with Gasteiger partial charge < -0.3 is 4.74 Å². The van der Waals surface area contributed by atoms with Crippen LogP contribution in [-0.4, -0.2) is 12.1 Å². The summed E-state index contributed by atoms with van der Waals surface area (Å²) in [6, 6.07) is 8.20. The fraction of sp³-hybridized carbons (Fsp3) is 0.455. The standard InChI is InChI=1S/C11H14BrNO/c1-11(2)7-14-10(13-11)8-4-3-5-9(12)6-8/h3-6,10,13H,7H2,1-2H3. The highest BCUT2D eigenvalue weighted by atomic mass is 79.9. The number of halogens is 1. The molecule has 0 aliphatic carbocycles. The Balaban J connectivity index is 2.17. The smallest absolute Gasteiger partial charge is 0.134 e. The number of nitrogens with one attached hydrogen (secondary N) is 1. The molecular formula is C11H14BrNO. The molecule has 0 spiro atoms. The predicted molar refractivity (Wildman–Crippen MR) is 60.0 cm³/mol. The van der Waals surface area contributed by atoms with Gasteiger partial charge in [0.25, 0.3) is 0 Å². The average Bonchev–Trinajstić information content (AvgIpc) is 2.46. The van der Waals surface area contributed by atoms with Gasteiger partial charge in [0, 0.05) is 10.0 Å². The maximum Gasteiger partial charge on any atom is 0.134 e. The van der Waals surface area contributed by atoms with Crippen LogP contribution in [0.2, 0.25) is 0 Å². The van der Waals surface area contributed by atoms with Gasteiger partial charge >= 0.3 is 0 Å². The molecule has 1 N–H and O–H groups in total. The Morgan fingerprint density at radius 3 is 2.86 bits per heavy atom. The second-order valence-electron chi connectivity index (χ2n) is 4.27. The molecule has 1 aromatic carbocycles. The molecule has 1 atom stereocenters. The molecule has 1 unspecified atom stereocenters. The molecule has 1 saturated heterocycles. The summed E-state index contributed by atoms with van der Waals surface area (Å²) in [5.74, 6) is 0. The molecule has 3 heteroatoms. The molecule has 0 radical (unpaired) electrons. The second kappa shape index (κ2) is 3.65. The fourth-order valence-electron chi connectivity index (χ4n) is 1.58. The largest absolute Gasteiger partial charge is 0.357 e. The van der Waals surface area contributed by atoms with E-state index >= 15 is 0 Å². The van der Waals surface area contributed by atoms with Crippen molar-refractivity contribution in [2.24, 2.45) is 0 Å². The summed E-state index contributed by atoms with van der Waals surface area (Å²) in [4.78, 5) is 0. The summed E-state index contributed by atoms with van der Waals surface area (Å²) in [6.45, 7) is 5.04. The van der Waals surface area contributed by atoms with Gasteiger partial charge in [-0.3, -0.25) is 5.32 Å². The fourth-order valence-corrected chi connectivity index (χ4v) is 2.00. The van der Waals surface area contributed by atoms with Crippen LogP contribution in [0, 0.1) is 0 Å². The molecule has 1 aliphatic rings. The minimum atomic E-state index is 0.0301. The molecule has 0 aromatic heterocycles. The molecule has 14 heavy (non-hydrogen) atoms. The van der Waals surface area contributed by atoms with E-state index in [1.54, 1.807) is 0 Å². The van der Waals surface area contributed by atoms with Gasteiger partial charge in [-0.2, -0.15) is 0 Å². The minimum absolute atomic E-state index is 0.0301. The Kier molecular flexibility index (Phi) is 2.64. The summed E-state index contributed by atoms with van der Waals surface area (Å²) in [7, 11) is 0. The maximum atomic E-state index is 5.68. The molecular weight excluding hydrogens is 242 g/mol. The van der Waals surface area contributed by atoms with Gasteiger partial charge in [0.05, 0.1) is 6.61 Å². The van der Waals surface area contributed by atoms with Crippen LogP contribution in [0.5, 0.6) is 0 Å². The van der Waals surface area contributed by atoms with Crippen molar-refractivity contribution in [2.75, 3.05) is 6.61 Å². The van der Waals surface area contributed by atoms with Gasteiger partial charge in [0.15, 0.2) is 0 Å². The number of rotatable bonds is 1. The number of benzene rings is 1. The van der Waals surface area contributed by atoms with E-state index in [0.717, 1.165) is 11.1 Å². The van der Waals surface area contributed by atoms with Crippen LogP contribution in [0.25, 0.3) is 0 Å². The minimum Gasteiger partial charge on any atom is -0.357 e. The highest BCUT2D eigenvalue weighted by molar-refractivity contribution is 9.10. The second-order valence-corrected chi connectivity index (χ2v) is 5.19. The summed E-state index contributed by atoms with van der Waals surface area (Å²) in [6.07, 6.45) is 0.0301. The zero-order valence-electron chi connectivity index (χ0n) is 8.38. The predicted octanol–water partition coefficient (Wildman–Crippen LogP) is 2.85. The molecule has 1 fully saturated rings. The van der Waals surface area contributed by atoms with E-state index in [1.807, 2.05) is 12.1 Å². The lowest BCUT2D eigenvalue weighted by Gasteiger charge is -2.17. The molecule has 1 aromatic rings. The Labute approximate surface area is 92.8 Å². The van der Waals surface area contributed by atoms with Crippen molar-refractivity contribution >= 4 is 15.9 Å². The monoisotopic (exact) mass is 255 g/mol. The SMILES string of the molecule is CC1(C)COC(c2cccc(Br)c2)N1. The van der Waals surface area contributed by atoms with Crippen LogP contribution < -0.4 is 5.32 Å². The summed E-state index contributed by atoms with van der Waals surface area (Å²) < 4.78 is 6.77. The molecule has 0 bridgehead atoms. The van der Waals surface area contributed by atoms with Gasteiger partial charge in [-0.25, -0.2) is 0 Å². The number of hydrogen-bond acceptors (Lipinski definition) is 2. The number of ether oxygens (including phenoxy) is 1. The van der Waals surface area contributed by atoms with Crippen LogP contribution >= 0.6 is 15.9 Å². The first kappa shape index (κ1) is 10.1. The summed E-state index contributed by atoms with van der Waals surface area (Å²) in [5, 5.41) is 3.43. The van der Waals surface area contributed by atoms with E-state index in [-0.39, 0.29) is 11.8 Å². The lowest BCUT2D eigenvalue weighted by atomic mass is 10.1. The highest BCUT2D eigenvalue weighted by Gasteiger charge is 2.31. The van der Waals surface area contributed by atoms with Crippen molar-refractivity contribution in [3.05, 3.63) is 34.3 Å². The lowest BCUT2D eigenvalue weighted by molar-refractivity contribution is 0.0989. The zero-order valence-corrected chi connectivity index (χ0v) is 9.97. The first-order chi connectivity index (χ1) is 6.57. The molecule has 1 heterocycles. The summed E-state index contributed by atoms with van der Waals surface area (Å²) >= 11 is 3.45. The Morgan fingerprint density at radius 1 is 1.50 bits per heavy atom. The molecule has 2 nitrogen and oxygen atoms in total. The first-order valence-electron chi connectivity index (χ1n) is 4.72. The van der Waals surface area contributed by atoms with Crippen LogP contribution in [0.4, 0.5) is 0 Å². The molecule has 1 aliphatic heterocycles. The quantitative estimate of drug-likeness (QED) is 0.834. The maximum absolute atomic E-state index is 5.68. The third-order valence-electron chi connectivity index (χ3n) is 2.28. The average molecular weight is 256 g/mol. The van der Waals surface area contributed by atoms with E-state index in [9.17, 15) is 0 Å². The molecule has 0 saturated carbocycles. The summed E-state index contributed by atoms with van der Waals surface area (Å²) in [5.41, 5.74) is 1.25. The van der Waals surface area contributed by atoms with Crippen LogP contribution in [-0.2, 0) is 4.74 Å². The van der Waals surface area contributed by atoms with Crippen molar-refractivity contribution in [1.29, 1.82) is 0 Å². The van der Waals surface area contributed by atoms with Gasteiger partial charge in [0.2, 0.25) is 0 Å². The van der Waals surface area contributed by atoms with Crippen molar-refractivity contribution in [3.8, 4) is 0 Å². The van der Waals surface area contributed by atoms with Crippen molar-refractivity contribution < 1.29 is 4.74 Å². The normalized spacial score (nSPS) is 25.2. The van der Waals surface area contributed by atoms with E-state index in [0.29, 0.717) is 0 Å².